The molecule has 2 fully saturated rings. The molecule has 7 heteroatoms. The van der Waals surface area contributed by atoms with E-state index in [4.69, 9.17) is 0 Å². The van der Waals surface area contributed by atoms with E-state index < -0.39 is 0 Å². The summed E-state index contributed by atoms with van der Waals surface area (Å²) in [6.45, 7) is 6.53. The van der Waals surface area contributed by atoms with Gasteiger partial charge in [-0.3, -0.25) is 14.5 Å². The van der Waals surface area contributed by atoms with Crippen LogP contribution in [0.25, 0.3) is 0 Å². The van der Waals surface area contributed by atoms with Crippen molar-refractivity contribution in [2.75, 3.05) is 39.3 Å². The van der Waals surface area contributed by atoms with Gasteiger partial charge in [-0.2, -0.15) is 0 Å². The van der Waals surface area contributed by atoms with E-state index >= 15 is 0 Å². The van der Waals surface area contributed by atoms with Crippen LogP contribution in [0.1, 0.15) is 16.7 Å². The van der Waals surface area contributed by atoms with Gasteiger partial charge in [-0.05, 0) is 0 Å². The van der Waals surface area contributed by atoms with Gasteiger partial charge in [0.25, 0.3) is 5.91 Å². The standard InChI is InChI=1S/C13H18N4O2S/c1-10(18)17-8-11(9-17)15-3-5-16(6-4-15)13(19)12-14-2-7-20-12/h2,7,11H,3-6,8-9H2,1H3. The molecule has 2 saturated heterocycles. The van der Waals surface area contributed by atoms with Crippen molar-refractivity contribution in [3.8, 4) is 0 Å². The maximum Gasteiger partial charge on any atom is 0.282 e. The number of aromatic nitrogens is 1. The lowest BCUT2D eigenvalue weighted by Crippen LogP contribution is -2.64. The van der Waals surface area contributed by atoms with Gasteiger partial charge >= 0.3 is 0 Å². The van der Waals surface area contributed by atoms with E-state index in [2.05, 4.69) is 9.88 Å². The SMILES string of the molecule is CC(=O)N1CC(N2CCN(C(=O)c3nccs3)CC2)C1. The second kappa shape index (κ2) is 5.49. The molecule has 0 aliphatic carbocycles. The highest BCUT2D eigenvalue weighted by Gasteiger charge is 2.35. The molecule has 2 aliphatic rings. The lowest BCUT2D eigenvalue weighted by atomic mass is 10.1. The molecule has 3 rings (SSSR count). The van der Waals surface area contributed by atoms with Gasteiger partial charge in [0.2, 0.25) is 5.91 Å². The van der Waals surface area contributed by atoms with Crippen LogP contribution in [0, 0.1) is 0 Å². The van der Waals surface area contributed by atoms with Crippen LogP contribution in [-0.2, 0) is 4.79 Å². The number of hydrogen-bond donors (Lipinski definition) is 0. The fourth-order valence-electron chi connectivity index (χ4n) is 2.70. The van der Waals surface area contributed by atoms with E-state index in [1.54, 1.807) is 13.1 Å². The predicted octanol–water partition coefficient (Wildman–Crippen LogP) is 0.132. The van der Waals surface area contributed by atoms with E-state index in [-0.39, 0.29) is 11.8 Å². The van der Waals surface area contributed by atoms with Crippen LogP contribution in [0.2, 0.25) is 0 Å². The van der Waals surface area contributed by atoms with Crippen LogP contribution in [0.5, 0.6) is 0 Å². The number of piperazine rings is 1. The second-order valence-corrected chi connectivity index (χ2v) is 6.14. The van der Waals surface area contributed by atoms with Gasteiger partial charge in [-0.25, -0.2) is 4.98 Å². The van der Waals surface area contributed by atoms with Crippen LogP contribution < -0.4 is 0 Å². The van der Waals surface area contributed by atoms with Crippen molar-refractivity contribution in [2.45, 2.75) is 13.0 Å². The summed E-state index contributed by atoms with van der Waals surface area (Å²) in [5.74, 6) is 0.192. The Morgan fingerprint density at radius 2 is 1.90 bits per heavy atom. The average molecular weight is 294 g/mol. The molecule has 0 unspecified atom stereocenters. The van der Waals surface area contributed by atoms with Crippen molar-refractivity contribution in [1.29, 1.82) is 0 Å². The van der Waals surface area contributed by atoms with Crippen LogP contribution in [0.3, 0.4) is 0 Å². The molecule has 3 heterocycles. The first kappa shape index (κ1) is 13.5. The second-order valence-electron chi connectivity index (χ2n) is 5.24. The highest BCUT2D eigenvalue weighted by molar-refractivity contribution is 7.11. The smallest absolute Gasteiger partial charge is 0.282 e. The van der Waals surface area contributed by atoms with Crippen molar-refractivity contribution >= 4 is 23.2 Å². The van der Waals surface area contributed by atoms with Gasteiger partial charge in [0, 0.05) is 63.8 Å². The Hall–Kier alpha value is -1.47. The highest BCUT2D eigenvalue weighted by Crippen LogP contribution is 2.18. The Morgan fingerprint density at radius 3 is 2.45 bits per heavy atom. The summed E-state index contributed by atoms with van der Waals surface area (Å²) in [4.78, 5) is 33.5. The molecule has 2 aliphatic heterocycles. The lowest BCUT2D eigenvalue weighted by molar-refractivity contribution is -0.136. The van der Waals surface area contributed by atoms with E-state index in [1.165, 1.54) is 11.3 Å². The first-order chi connectivity index (χ1) is 9.65. The topological polar surface area (TPSA) is 56.8 Å². The van der Waals surface area contributed by atoms with Crippen LogP contribution in [-0.4, -0.2) is 76.8 Å². The van der Waals surface area contributed by atoms with Crippen LogP contribution in [0.4, 0.5) is 0 Å². The number of nitrogens with zero attached hydrogens (tertiary/aromatic N) is 4. The summed E-state index contributed by atoms with van der Waals surface area (Å²) < 4.78 is 0. The number of hydrogen-bond acceptors (Lipinski definition) is 5. The number of likely N-dealkylation sites (tertiary alicyclic amines) is 1. The lowest BCUT2D eigenvalue weighted by Gasteiger charge is -2.47. The quantitative estimate of drug-likeness (QED) is 0.778. The van der Waals surface area contributed by atoms with E-state index in [9.17, 15) is 9.59 Å². The number of rotatable bonds is 2. The summed E-state index contributed by atoms with van der Waals surface area (Å²) in [5, 5.41) is 2.40. The molecule has 0 atom stereocenters. The third-order valence-electron chi connectivity index (χ3n) is 4.04. The summed E-state index contributed by atoms with van der Waals surface area (Å²) in [5.41, 5.74) is 0. The summed E-state index contributed by atoms with van der Waals surface area (Å²) in [6.07, 6.45) is 1.67. The minimum atomic E-state index is 0.0404. The molecule has 1 aromatic rings. The van der Waals surface area contributed by atoms with Crippen molar-refractivity contribution in [2.24, 2.45) is 0 Å². The minimum absolute atomic E-state index is 0.0404. The molecule has 0 radical (unpaired) electrons. The van der Waals surface area contributed by atoms with Gasteiger partial charge in [0.15, 0.2) is 5.01 Å². The summed E-state index contributed by atoms with van der Waals surface area (Å²) in [7, 11) is 0. The maximum absolute atomic E-state index is 12.2. The molecule has 0 bridgehead atoms. The molecule has 2 amide bonds. The molecule has 0 spiro atoms. The molecule has 0 N–H and O–H groups in total. The first-order valence-corrected chi connectivity index (χ1v) is 7.71. The zero-order valence-electron chi connectivity index (χ0n) is 11.5. The molecule has 0 aromatic carbocycles. The third-order valence-corrected chi connectivity index (χ3v) is 4.80. The van der Waals surface area contributed by atoms with Crippen molar-refractivity contribution in [3.05, 3.63) is 16.6 Å². The minimum Gasteiger partial charge on any atom is -0.340 e. The number of thiazole rings is 1. The van der Waals surface area contributed by atoms with Crippen molar-refractivity contribution in [3.63, 3.8) is 0 Å². The molecule has 0 saturated carbocycles. The third kappa shape index (κ3) is 2.55. The summed E-state index contributed by atoms with van der Waals surface area (Å²) >= 11 is 1.39. The highest BCUT2D eigenvalue weighted by atomic mass is 32.1. The fourth-order valence-corrected chi connectivity index (χ4v) is 3.30. The Labute approximate surface area is 122 Å². The maximum atomic E-state index is 12.2. The molecule has 108 valence electrons. The predicted molar refractivity (Wildman–Crippen MR) is 75.6 cm³/mol. The Balaban J connectivity index is 1.48. The fraction of sp³-hybridized carbons (Fsp3) is 0.615. The molecule has 6 nitrogen and oxygen atoms in total. The van der Waals surface area contributed by atoms with Crippen LogP contribution >= 0.6 is 11.3 Å². The molecule has 1 aromatic heterocycles. The zero-order valence-corrected chi connectivity index (χ0v) is 12.3. The van der Waals surface area contributed by atoms with Gasteiger partial charge in [-0.1, -0.05) is 0 Å². The number of carbonyl (C=O) groups excluding carboxylic acids is 2. The largest absolute Gasteiger partial charge is 0.340 e. The zero-order chi connectivity index (χ0) is 14.1. The van der Waals surface area contributed by atoms with E-state index in [0.29, 0.717) is 11.0 Å². The molecule has 20 heavy (non-hydrogen) atoms. The van der Waals surface area contributed by atoms with Gasteiger partial charge in [0.1, 0.15) is 0 Å². The average Bonchev–Trinajstić information content (AvgIpc) is 2.90. The van der Waals surface area contributed by atoms with Gasteiger partial charge in [0.05, 0.1) is 0 Å². The Bertz CT molecular complexity index is 490. The van der Waals surface area contributed by atoms with E-state index in [0.717, 1.165) is 39.3 Å². The molecular formula is C13H18N4O2S. The monoisotopic (exact) mass is 294 g/mol. The van der Waals surface area contributed by atoms with Crippen molar-refractivity contribution in [1.82, 2.24) is 19.7 Å². The Morgan fingerprint density at radius 1 is 1.20 bits per heavy atom. The number of amides is 2. The van der Waals surface area contributed by atoms with E-state index in [1.807, 2.05) is 15.2 Å². The Kier molecular flexibility index (Phi) is 3.71. The van der Waals surface area contributed by atoms with Crippen LogP contribution in [0.15, 0.2) is 11.6 Å². The first-order valence-electron chi connectivity index (χ1n) is 6.83. The van der Waals surface area contributed by atoms with Gasteiger partial charge < -0.3 is 9.80 Å². The van der Waals surface area contributed by atoms with Crippen molar-refractivity contribution < 1.29 is 9.59 Å². The normalized spacial score (nSPS) is 20.9. The van der Waals surface area contributed by atoms with Gasteiger partial charge in [-0.15, -0.1) is 11.3 Å². The summed E-state index contributed by atoms with van der Waals surface area (Å²) in [6, 6.07) is 0.469. The number of carbonyl (C=O) groups is 2. The molecular weight excluding hydrogens is 276 g/mol.